The van der Waals surface area contributed by atoms with Crippen molar-refractivity contribution < 1.29 is 4.79 Å². The number of benzene rings is 2. The van der Waals surface area contributed by atoms with Crippen LogP contribution in [0, 0.1) is 40.0 Å². The zero-order chi connectivity index (χ0) is 17.9. The van der Waals surface area contributed by atoms with E-state index in [2.05, 4.69) is 16.0 Å². The average molecular weight is 324 g/mol. The molecule has 24 heavy (non-hydrogen) atoms. The Morgan fingerprint density at radius 3 is 1.88 bits per heavy atom. The molecule has 0 aliphatic carbocycles. The predicted molar refractivity (Wildman–Crippen MR) is 100 cm³/mol. The summed E-state index contributed by atoms with van der Waals surface area (Å²) in [4.78, 5) is 12.1. The van der Waals surface area contributed by atoms with Gasteiger partial charge in [-0.25, -0.2) is 4.79 Å². The Kier molecular flexibility index (Phi) is 5.24. The van der Waals surface area contributed by atoms with Gasteiger partial charge in [0.25, 0.3) is 0 Å². The third kappa shape index (κ3) is 4.13. The van der Waals surface area contributed by atoms with Crippen LogP contribution in [0.3, 0.4) is 0 Å². The number of hydrogen-bond donors (Lipinski definition) is 4. The van der Waals surface area contributed by atoms with Crippen molar-refractivity contribution in [2.45, 2.75) is 34.6 Å². The third-order valence-electron chi connectivity index (χ3n) is 3.89. The third-order valence-corrected chi connectivity index (χ3v) is 3.89. The van der Waals surface area contributed by atoms with E-state index >= 15 is 0 Å². The number of carbonyl (C=O) groups excluding carboxylic acids is 1. The average Bonchev–Trinajstić information content (AvgIpc) is 2.47. The quantitative estimate of drug-likeness (QED) is 0.488. The summed E-state index contributed by atoms with van der Waals surface area (Å²) in [7, 11) is 0. The van der Waals surface area contributed by atoms with Crippen LogP contribution in [0.1, 0.15) is 27.8 Å². The van der Waals surface area contributed by atoms with E-state index in [1.165, 1.54) is 5.56 Å². The summed E-state index contributed by atoms with van der Waals surface area (Å²) in [5, 5.41) is 16.3. The van der Waals surface area contributed by atoms with Crippen LogP contribution >= 0.6 is 0 Å². The number of guanidine groups is 1. The number of anilines is 2. The highest BCUT2D eigenvalue weighted by molar-refractivity contribution is 6.07. The lowest BCUT2D eigenvalue weighted by Gasteiger charge is -2.16. The normalized spacial score (nSPS) is 10.2. The van der Waals surface area contributed by atoms with Gasteiger partial charge in [0.2, 0.25) is 5.96 Å². The van der Waals surface area contributed by atoms with E-state index in [-0.39, 0.29) is 5.96 Å². The molecule has 0 fully saturated rings. The monoisotopic (exact) mass is 324 g/mol. The van der Waals surface area contributed by atoms with Gasteiger partial charge in [-0.05, 0) is 56.9 Å². The van der Waals surface area contributed by atoms with Crippen LogP contribution in [0.15, 0.2) is 30.3 Å². The zero-order valence-electron chi connectivity index (χ0n) is 14.8. The molecular formula is C19H24N4O. The SMILES string of the molecule is Cc1cc(C)c(NC(=N)NC(=O)Nc2c(C)cccc2C)c(C)c1. The van der Waals surface area contributed by atoms with Crippen LogP contribution in [-0.4, -0.2) is 12.0 Å². The first kappa shape index (κ1) is 17.5. The molecule has 0 aliphatic rings. The van der Waals surface area contributed by atoms with E-state index < -0.39 is 6.03 Å². The largest absolute Gasteiger partial charge is 0.326 e. The fourth-order valence-corrected chi connectivity index (χ4v) is 2.80. The minimum absolute atomic E-state index is 0.0613. The number of hydrogen-bond acceptors (Lipinski definition) is 2. The Morgan fingerprint density at radius 2 is 1.33 bits per heavy atom. The van der Waals surface area contributed by atoms with Crippen molar-refractivity contribution in [1.29, 1.82) is 5.41 Å². The molecule has 2 amide bonds. The molecule has 0 bridgehead atoms. The molecule has 0 spiro atoms. The van der Waals surface area contributed by atoms with Gasteiger partial charge in [0.15, 0.2) is 0 Å². The van der Waals surface area contributed by atoms with Gasteiger partial charge in [0.05, 0.1) is 0 Å². The fourth-order valence-electron chi connectivity index (χ4n) is 2.80. The van der Waals surface area contributed by atoms with Crippen LogP contribution in [0.4, 0.5) is 16.2 Å². The number of carbonyl (C=O) groups is 1. The molecule has 4 N–H and O–H groups in total. The molecule has 2 aromatic carbocycles. The molecule has 0 radical (unpaired) electrons. The highest BCUT2D eigenvalue weighted by Gasteiger charge is 2.11. The minimum atomic E-state index is -0.438. The number of para-hydroxylation sites is 1. The zero-order valence-corrected chi connectivity index (χ0v) is 14.8. The Morgan fingerprint density at radius 1 is 0.833 bits per heavy atom. The molecule has 5 heteroatoms. The molecule has 2 rings (SSSR count). The van der Waals surface area contributed by atoms with Crippen LogP contribution in [0.25, 0.3) is 0 Å². The van der Waals surface area contributed by atoms with E-state index in [9.17, 15) is 4.79 Å². The second-order valence-electron chi connectivity index (χ2n) is 6.12. The van der Waals surface area contributed by atoms with Crippen LogP contribution in [-0.2, 0) is 0 Å². The summed E-state index contributed by atoms with van der Waals surface area (Å²) in [5.74, 6) is -0.0613. The van der Waals surface area contributed by atoms with Crippen LogP contribution < -0.4 is 16.0 Å². The first-order valence-corrected chi connectivity index (χ1v) is 7.85. The molecule has 0 heterocycles. The second kappa shape index (κ2) is 7.17. The van der Waals surface area contributed by atoms with E-state index in [0.717, 1.165) is 33.6 Å². The van der Waals surface area contributed by atoms with Gasteiger partial charge in [-0.2, -0.15) is 0 Å². The first-order valence-electron chi connectivity index (χ1n) is 7.85. The summed E-state index contributed by atoms with van der Waals surface area (Å²) in [6.07, 6.45) is 0. The van der Waals surface area contributed by atoms with Crippen molar-refractivity contribution in [3.8, 4) is 0 Å². The number of nitrogens with one attached hydrogen (secondary N) is 4. The molecular weight excluding hydrogens is 300 g/mol. The summed E-state index contributed by atoms with van der Waals surface area (Å²) in [6, 6.07) is 9.46. The van der Waals surface area contributed by atoms with Crippen molar-refractivity contribution >= 4 is 23.4 Å². The molecule has 0 unspecified atom stereocenters. The van der Waals surface area contributed by atoms with E-state index in [1.54, 1.807) is 0 Å². The smallest absolute Gasteiger partial charge is 0.326 e. The second-order valence-corrected chi connectivity index (χ2v) is 6.12. The van der Waals surface area contributed by atoms with Gasteiger partial charge in [-0.15, -0.1) is 0 Å². The minimum Gasteiger partial charge on any atom is -0.326 e. The van der Waals surface area contributed by atoms with Crippen molar-refractivity contribution in [1.82, 2.24) is 5.32 Å². The van der Waals surface area contributed by atoms with Crippen molar-refractivity contribution in [3.63, 3.8) is 0 Å². The van der Waals surface area contributed by atoms with Gasteiger partial charge in [0.1, 0.15) is 0 Å². The Hall–Kier alpha value is -2.82. The molecule has 0 aromatic heterocycles. The number of aryl methyl sites for hydroxylation is 5. The van der Waals surface area contributed by atoms with Crippen LogP contribution in [0.5, 0.6) is 0 Å². The summed E-state index contributed by atoms with van der Waals surface area (Å²) < 4.78 is 0. The number of rotatable bonds is 2. The summed E-state index contributed by atoms with van der Waals surface area (Å²) in [5.41, 5.74) is 6.82. The topological polar surface area (TPSA) is 77.0 Å². The van der Waals surface area contributed by atoms with E-state index in [1.807, 2.05) is 65.0 Å². The molecule has 0 saturated heterocycles. The van der Waals surface area contributed by atoms with Gasteiger partial charge in [-0.3, -0.25) is 10.7 Å². The highest BCUT2D eigenvalue weighted by atomic mass is 16.2. The van der Waals surface area contributed by atoms with Crippen molar-refractivity contribution in [2.75, 3.05) is 10.6 Å². The fraction of sp³-hybridized carbons (Fsp3) is 0.263. The maximum Gasteiger partial charge on any atom is 0.326 e. The van der Waals surface area contributed by atoms with E-state index in [0.29, 0.717) is 0 Å². The van der Waals surface area contributed by atoms with Gasteiger partial charge in [-0.1, -0.05) is 35.9 Å². The Bertz CT molecular complexity index is 753. The maximum atomic E-state index is 12.1. The summed E-state index contributed by atoms with van der Waals surface area (Å²) >= 11 is 0. The van der Waals surface area contributed by atoms with Gasteiger partial charge < -0.3 is 10.6 Å². The Balaban J connectivity index is 2.04. The molecule has 126 valence electrons. The molecule has 5 nitrogen and oxygen atoms in total. The van der Waals surface area contributed by atoms with Crippen LogP contribution in [0.2, 0.25) is 0 Å². The molecule has 2 aromatic rings. The van der Waals surface area contributed by atoms with Crippen molar-refractivity contribution in [3.05, 3.63) is 58.1 Å². The standard InChI is InChI=1S/C19H24N4O/c1-11-9-14(4)17(15(5)10-11)21-18(20)23-19(24)22-16-12(2)7-6-8-13(16)3/h6-10H,1-5H3,(H4,20,21,22,23,24). The lowest BCUT2D eigenvalue weighted by atomic mass is 10.1. The van der Waals surface area contributed by atoms with Gasteiger partial charge in [0, 0.05) is 11.4 Å². The Labute approximate surface area is 143 Å². The van der Waals surface area contributed by atoms with Gasteiger partial charge >= 0.3 is 6.03 Å². The molecule has 0 atom stereocenters. The van der Waals surface area contributed by atoms with E-state index in [4.69, 9.17) is 5.41 Å². The lowest BCUT2D eigenvalue weighted by molar-refractivity contribution is 0.256. The lowest BCUT2D eigenvalue weighted by Crippen LogP contribution is -2.38. The highest BCUT2D eigenvalue weighted by Crippen LogP contribution is 2.22. The molecule has 0 saturated carbocycles. The molecule has 0 aliphatic heterocycles. The predicted octanol–water partition coefficient (Wildman–Crippen LogP) is 4.40. The summed E-state index contributed by atoms with van der Waals surface area (Å²) in [6.45, 7) is 9.86. The first-order chi connectivity index (χ1) is 11.3. The maximum absolute atomic E-state index is 12.1. The number of urea groups is 1. The van der Waals surface area contributed by atoms with Crippen molar-refractivity contribution in [2.24, 2.45) is 0 Å². The number of amides is 2.